The Hall–Kier alpha value is -0.180. The molecule has 0 bridgehead atoms. The maximum atomic E-state index is 7.55. The molecule has 2 nitrogen and oxygen atoms in total. The third-order valence-corrected chi connectivity index (χ3v) is 2.94. The molecule has 11 heavy (non-hydrogen) atoms. The highest BCUT2D eigenvalue weighted by atomic mass is 32.2. The lowest BCUT2D eigenvalue weighted by molar-refractivity contribution is 0.292. The molecule has 0 aromatic heterocycles. The van der Waals surface area contributed by atoms with Gasteiger partial charge in [0.1, 0.15) is 0 Å². The van der Waals surface area contributed by atoms with Gasteiger partial charge in [0, 0.05) is 5.92 Å². The van der Waals surface area contributed by atoms with Gasteiger partial charge in [-0.15, -0.1) is 0 Å². The van der Waals surface area contributed by atoms with Crippen LogP contribution in [0.15, 0.2) is 0 Å². The summed E-state index contributed by atoms with van der Waals surface area (Å²) in [5, 5.41) is 7.55. The standard InChI is InChI=1S/C8H15NOS/c1-2-10-8(9)7-3-5-11-6-4-7/h7,9H,2-6H2,1H3. The molecule has 1 fully saturated rings. The first-order valence-electron chi connectivity index (χ1n) is 4.13. The Morgan fingerprint density at radius 3 is 2.73 bits per heavy atom. The second kappa shape index (κ2) is 4.65. The molecule has 0 aromatic rings. The topological polar surface area (TPSA) is 33.1 Å². The highest BCUT2D eigenvalue weighted by molar-refractivity contribution is 7.99. The van der Waals surface area contributed by atoms with E-state index < -0.39 is 0 Å². The van der Waals surface area contributed by atoms with E-state index in [0.717, 1.165) is 12.8 Å². The summed E-state index contributed by atoms with van der Waals surface area (Å²) >= 11 is 1.98. The molecule has 0 radical (unpaired) electrons. The van der Waals surface area contributed by atoms with Crippen molar-refractivity contribution in [1.82, 2.24) is 0 Å². The van der Waals surface area contributed by atoms with Crippen LogP contribution in [0.1, 0.15) is 19.8 Å². The van der Waals surface area contributed by atoms with Crippen LogP contribution in [0.4, 0.5) is 0 Å². The number of hydrogen-bond donors (Lipinski definition) is 1. The normalized spacial score (nSPS) is 19.7. The molecular formula is C8H15NOS. The molecule has 0 saturated carbocycles. The lowest BCUT2D eigenvalue weighted by Gasteiger charge is -2.21. The minimum Gasteiger partial charge on any atom is -0.481 e. The number of thioether (sulfide) groups is 1. The molecule has 0 aromatic carbocycles. The molecule has 1 aliphatic heterocycles. The van der Waals surface area contributed by atoms with Gasteiger partial charge in [-0.05, 0) is 31.3 Å². The Morgan fingerprint density at radius 2 is 2.18 bits per heavy atom. The Morgan fingerprint density at radius 1 is 1.55 bits per heavy atom. The van der Waals surface area contributed by atoms with Crippen LogP contribution in [-0.2, 0) is 4.74 Å². The molecular weight excluding hydrogens is 158 g/mol. The Labute approximate surface area is 72.2 Å². The molecule has 0 spiro atoms. The SMILES string of the molecule is CCOC(=N)C1CCSCC1. The van der Waals surface area contributed by atoms with E-state index in [-0.39, 0.29) is 0 Å². The van der Waals surface area contributed by atoms with E-state index in [9.17, 15) is 0 Å². The van der Waals surface area contributed by atoms with Crippen LogP contribution in [0.2, 0.25) is 0 Å². The Kier molecular flexibility index (Phi) is 3.77. The average Bonchev–Trinajstić information content (AvgIpc) is 2.07. The molecule has 1 saturated heterocycles. The van der Waals surface area contributed by atoms with Gasteiger partial charge < -0.3 is 4.74 Å². The van der Waals surface area contributed by atoms with Crippen molar-refractivity contribution in [3.8, 4) is 0 Å². The minimum atomic E-state index is 0.413. The maximum Gasteiger partial charge on any atom is 0.183 e. The van der Waals surface area contributed by atoms with Crippen molar-refractivity contribution in [2.45, 2.75) is 19.8 Å². The van der Waals surface area contributed by atoms with E-state index in [4.69, 9.17) is 10.1 Å². The van der Waals surface area contributed by atoms with E-state index in [1.165, 1.54) is 11.5 Å². The highest BCUT2D eigenvalue weighted by Gasteiger charge is 2.18. The predicted octanol–water partition coefficient (Wildman–Crippen LogP) is 2.14. The molecule has 64 valence electrons. The average molecular weight is 173 g/mol. The van der Waals surface area contributed by atoms with Crippen LogP contribution >= 0.6 is 11.8 Å². The summed E-state index contributed by atoms with van der Waals surface area (Å²) in [4.78, 5) is 0. The molecule has 1 aliphatic rings. The van der Waals surface area contributed by atoms with E-state index in [2.05, 4.69) is 0 Å². The maximum absolute atomic E-state index is 7.55. The van der Waals surface area contributed by atoms with Crippen LogP contribution in [0.5, 0.6) is 0 Å². The number of hydrogen-bond acceptors (Lipinski definition) is 3. The summed E-state index contributed by atoms with van der Waals surface area (Å²) in [7, 11) is 0. The van der Waals surface area contributed by atoms with Gasteiger partial charge in [-0.3, -0.25) is 5.41 Å². The zero-order chi connectivity index (χ0) is 8.10. The van der Waals surface area contributed by atoms with Gasteiger partial charge in [0.2, 0.25) is 0 Å². The first-order valence-corrected chi connectivity index (χ1v) is 5.29. The fourth-order valence-electron chi connectivity index (χ4n) is 1.23. The summed E-state index contributed by atoms with van der Waals surface area (Å²) in [6.45, 7) is 2.58. The van der Waals surface area contributed by atoms with Gasteiger partial charge >= 0.3 is 0 Å². The van der Waals surface area contributed by atoms with Crippen LogP contribution in [0.25, 0.3) is 0 Å². The smallest absolute Gasteiger partial charge is 0.183 e. The van der Waals surface area contributed by atoms with Gasteiger partial charge in [0.25, 0.3) is 0 Å². The highest BCUT2D eigenvalue weighted by Crippen LogP contribution is 2.23. The Balaban J connectivity index is 2.27. The van der Waals surface area contributed by atoms with Crippen LogP contribution < -0.4 is 0 Å². The zero-order valence-corrected chi connectivity index (χ0v) is 7.75. The zero-order valence-electron chi connectivity index (χ0n) is 6.93. The van der Waals surface area contributed by atoms with E-state index >= 15 is 0 Å². The van der Waals surface area contributed by atoms with E-state index in [1.54, 1.807) is 0 Å². The number of rotatable bonds is 2. The van der Waals surface area contributed by atoms with Crippen LogP contribution in [0.3, 0.4) is 0 Å². The molecule has 0 aliphatic carbocycles. The second-order valence-electron chi connectivity index (χ2n) is 2.68. The van der Waals surface area contributed by atoms with Gasteiger partial charge in [-0.2, -0.15) is 11.8 Å². The lowest BCUT2D eigenvalue weighted by Crippen LogP contribution is -2.21. The summed E-state index contributed by atoms with van der Waals surface area (Å²) < 4.78 is 5.16. The van der Waals surface area contributed by atoms with Gasteiger partial charge in [0.15, 0.2) is 5.90 Å². The lowest BCUT2D eigenvalue weighted by atomic mass is 10.0. The van der Waals surface area contributed by atoms with Crippen LogP contribution in [-0.4, -0.2) is 24.0 Å². The van der Waals surface area contributed by atoms with Crippen molar-refractivity contribution in [1.29, 1.82) is 5.41 Å². The number of nitrogens with one attached hydrogen (secondary N) is 1. The van der Waals surface area contributed by atoms with E-state index in [1.807, 2.05) is 18.7 Å². The van der Waals surface area contributed by atoms with Gasteiger partial charge in [0.05, 0.1) is 6.61 Å². The van der Waals surface area contributed by atoms with Crippen molar-refractivity contribution in [3.63, 3.8) is 0 Å². The van der Waals surface area contributed by atoms with Crippen molar-refractivity contribution in [3.05, 3.63) is 0 Å². The van der Waals surface area contributed by atoms with E-state index in [0.29, 0.717) is 18.4 Å². The quantitative estimate of drug-likeness (QED) is 0.512. The summed E-state index contributed by atoms with van der Waals surface area (Å²) in [5.74, 6) is 3.31. The summed E-state index contributed by atoms with van der Waals surface area (Å²) in [6, 6.07) is 0. The van der Waals surface area contributed by atoms with Crippen molar-refractivity contribution >= 4 is 17.7 Å². The molecule has 1 N–H and O–H groups in total. The van der Waals surface area contributed by atoms with Gasteiger partial charge in [-0.25, -0.2) is 0 Å². The molecule has 0 amide bonds. The third kappa shape index (κ3) is 2.73. The van der Waals surface area contributed by atoms with Crippen molar-refractivity contribution < 1.29 is 4.74 Å². The van der Waals surface area contributed by atoms with Crippen LogP contribution in [0, 0.1) is 11.3 Å². The number of ether oxygens (including phenoxy) is 1. The monoisotopic (exact) mass is 173 g/mol. The molecule has 3 heteroatoms. The third-order valence-electron chi connectivity index (χ3n) is 1.89. The predicted molar refractivity (Wildman–Crippen MR) is 49.4 cm³/mol. The molecule has 0 atom stereocenters. The second-order valence-corrected chi connectivity index (χ2v) is 3.91. The fraction of sp³-hybridized carbons (Fsp3) is 0.875. The molecule has 0 unspecified atom stereocenters. The first-order chi connectivity index (χ1) is 5.34. The summed E-state index contributed by atoms with van der Waals surface area (Å²) in [5.41, 5.74) is 0. The fourth-order valence-corrected chi connectivity index (χ4v) is 2.34. The largest absolute Gasteiger partial charge is 0.481 e. The van der Waals surface area contributed by atoms with Gasteiger partial charge in [-0.1, -0.05) is 0 Å². The first kappa shape index (κ1) is 8.91. The minimum absolute atomic E-state index is 0.413. The van der Waals surface area contributed by atoms with Crippen molar-refractivity contribution in [2.24, 2.45) is 5.92 Å². The molecule has 1 heterocycles. The molecule has 1 rings (SSSR count). The Bertz CT molecular complexity index is 132. The van der Waals surface area contributed by atoms with Crippen molar-refractivity contribution in [2.75, 3.05) is 18.1 Å². The summed E-state index contributed by atoms with van der Waals surface area (Å²) in [6.07, 6.45) is 2.26.